The fourth-order valence-corrected chi connectivity index (χ4v) is 4.60. The maximum atomic E-state index is 6.76. The van der Waals surface area contributed by atoms with Gasteiger partial charge in [-0.1, -0.05) is 44.4 Å². The van der Waals surface area contributed by atoms with Crippen molar-refractivity contribution in [1.29, 1.82) is 0 Å². The fraction of sp³-hybridized carbons (Fsp3) is 0.556. The number of hydrogen-bond acceptors (Lipinski definition) is 2. The van der Waals surface area contributed by atoms with Crippen molar-refractivity contribution in [3.8, 4) is 0 Å². The van der Waals surface area contributed by atoms with Crippen molar-refractivity contribution in [3.05, 3.63) is 35.2 Å². The molecule has 3 rings (SSSR count). The molecule has 0 saturated heterocycles. The molecule has 20 heavy (non-hydrogen) atoms. The first-order valence-electron chi connectivity index (χ1n) is 7.94. The van der Waals surface area contributed by atoms with E-state index in [4.69, 9.17) is 5.73 Å². The first-order valence-corrected chi connectivity index (χ1v) is 8.82. The van der Waals surface area contributed by atoms with Gasteiger partial charge in [0.25, 0.3) is 0 Å². The van der Waals surface area contributed by atoms with Gasteiger partial charge in [0.05, 0.1) is 0 Å². The Hall–Kier alpha value is -0.860. The van der Waals surface area contributed by atoms with Crippen LogP contribution in [0.3, 0.4) is 0 Å². The standard InChI is InChI=1S/C18H25NS/c1-2-14-6-5-10-18(19,11-9-14)12-15-13-20-17-8-4-3-7-16(15)17/h3-4,7-8,13-14H,2,5-6,9-12,19H2,1H3. The zero-order valence-electron chi connectivity index (χ0n) is 12.4. The number of nitrogens with two attached hydrogens (primary N) is 1. The first-order chi connectivity index (χ1) is 9.70. The molecule has 2 aromatic rings. The average Bonchev–Trinajstić information content (AvgIpc) is 2.75. The van der Waals surface area contributed by atoms with E-state index < -0.39 is 0 Å². The molecule has 2 unspecified atom stereocenters. The molecule has 1 aromatic carbocycles. The second kappa shape index (κ2) is 5.87. The normalized spacial score (nSPS) is 27.6. The minimum absolute atomic E-state index is 0.0216. The third kappa shape index (κ3) is 2.91. The van der Waals surface area contributed by atoms with Gasteiger partial charge in [0.15, 0.2) is 0 Å². The summed E-state index contributed by atoms with van der Waals surface area (Å²) in [6.45, 7) is 2.32. The van der Waals surface area contributed by atoms with Gasteiger partial charge < -0.3 is 5.73 Å². The molecule has 1 aromatic heterocycles. The minimum Gasteiger partial charge on any atom is -0.325 e. The summed E-state index contributed by atoms with van der Waals surface area (Å²) in [5, 5.41) is 3.74. The van der Waals surface area contributed by atoms with Crippen molar-refractivity contribution >= 4 is 21.4 Å². The van der Waals surface area contributed by atoms with Crippen molar-refractivity contribution in [2.45, 2.75) is 57.4 Å². The van der Waals surface area contributed by atoms with Crippen molar-refractivity contribution in [2.75, 3.05) is 0 Å². The van der Waals surface area contributed by atoms with Gasteiger partial charge in [-0.3, -0.25) is 0 Å². The maximum absolute atomic E-state index is 6.76. The van der Waals surface area contributed by atoms with E-state index in [2.05, 4.69) is 36.6 Å². The van der Waals surface area contributed by atoms with Crippen LogP contribution in [0.1, 0.15) is 51.0 Å². The number of fused-ring (bicyclic) bond motifs is 1. The first kappa shape index (κ1) is 14.1. The lowest BCUT2D eigenvalue weighted by Gasteiger charge is -2.28. The van der Waals surface area contributed by atoms with E-state index in [1.165, 1.54) is 54.2 Å². The van der Waals surface area contributed by atoms with Crippen molar-refractivity contribution in [2.24, 2.45) is 11.7 Å². The van der Waals surface area contributed by atoms with Gasteiger partial charge >= 0.3 is 0 Å². The highest BCUT2D eigenvalue weighted by molar-refractivity contribution is 7.17. The predicted octanol–water partition coefficient (Wildman–Crippen LogP) is 5.13. The van der Waals surface area contributed by atoms with Gasteiger partial charge in [0.2, 0.25) is 0 Å². The SMILES string of the molecule is CCC1CCCC(N)(Cc2csc3ccccc23)CC1. The Morgan fingerprint density at radius 2 is 2.10 bits per heavy atom. The Labute approximate surface area is 126 Å². The van der Waals surface area contributed by atoms with Crippen LogP contribution in [-0.4, -0.2) is 5.54 Å². The highest BCUT2D eigenvalue weighted by Gasteiger charge is 2.29. The molecule has 1 saturated carbocycles. The third-order valence-electron chi connectivity index (χ3n) is 5.02. The van der Waals surface area contributed by atoms with Gasteiger partial charge in [-0.2, -0.15) is 0 Å². The summed E-state index contributed by atoms with van der Waals surface area (Å²) >= 11 is 1.86. The summed E-state index contributed by atoms with van der Waals surface area (Å²) in [5.41, 5.74) is 8.25. The summed E-state index contributed by atoms with van der Waals surface area (Å²) < 4.78 is 1.39. The van der Waals surface area contributed by atoms with E-state index in [0.29, 0.717) is 0 Å². The molecule has 0 spiro atoms. The summed E-state index contributed by atoms with van der Waals surface area (Å²) in [6.07, 6.45) is 8.74. The van der Waals surface area contributed by atoms with Crippen molar-refractivity contribution in [3.63, 3.8) is 0 Å². The monoisotopic (exact) mass is 287 g/mol. The lowest BCUT2D eigenvalue weighted by Crippen LogP contribution is -2.41. The molecule has 2 atom stereocenters. The topological polar surface area (TPSA) is 26.0 Å². The molecule has 0 amide bonds. The Morgan fingerprint density at radius 3 is 2.95 bits per heavy atom. The molecule has 2 N–H and O–H groups in total. The number of hydrogen-bond donors (Lipinski definition) is 1. The lowest BCUT2D eigenvalue weighted by atomic mass is 9.84. The Morgan fingerprint density at radius 1 is 1.25 bits per heavy atom. The molecular formula is C18H25NS. The molecule has 108 valence electrons. The molecule has 1 heterocycles. The third-order valence-corrected chi connectivity index (χ3v) is 6.03. The second-order valence-corrected chi connectivity index (χ2v) is 7.41. The molecule has 0 bridgehead atoms. The Balaban J connectivity index is 1.79. The van der Waals surface area contributed by atoms with E-state index >= 15 is 0 Å². The highest BCUT2D eigenvalue weighted by Crippen LogP contribution is 2.35. The Kier molecular flexibility index (Phi) is 4.13. The molecule has 1 nitrogen and oxygen atoms in total. The van der Waals surface area contributed by atoms with Crippen LogP contribution in [0.2, 0.25) is 0 Å². The van der Waals surface area contributed by atoms with Crippen molar-refractivity contribution in [1.82, 2.24) is 0 Å². The van der Waals surface area contributed by atoms with Crippen LogP contribution in [0.25, 0.3) is 10.1 Å². The summed E-state index contributed by atoms with van der Waals surface area (Å²) in [6, 6.07) is 8.73. The van der Waals surface area contributed by atoms with Crippen LogP contribution >= 0.6 is 11.3 Å². The van der Waals surface area contributed by atoms with Crippen LogP contribution in [-0.2, 0) is 6.42 Å². The molecule has 2 heteroatoms. The van der Waals surface area contributed by atoms with E-state index in [-0.39, 0.29) is 5.54 Å². The van der Waals surface area contributed by atoms with Gasteiger partial charge in [0.1, 0.15) is 0 Å². The lowest BCUT2D eigenvalue weighted by molar-refractivity contribution is 0.359. The van der Waals surface area contributed by atoms with Crippen LogP contribution in [0.5, 0.6) is 0 Å². The van der Waals surface area contributed by atoms with Gasteiger partial charge in [-0.15, -0.1) is 11.3 Å². The van der Waals surface area contributed by atoms with Crippen LogP contribution in [0.15, 0.2) is 29.6 Å². The van der Waals surface area contributed by atoms with E-state index in [0.717, 1.165) is 12.3 Å². The van der Waals surface area contributed by atoms with Crippen molar-refractivity contribution < 1.29 is 0 Å². The molecule has 1 aliphatic rings. The van der Waals surface area contributed by atoms with Gasteiger partial charge in [-0.25, -0.2) is 0 Å². The van der Waals surface area contributed by atoms with E-state index in [1.54, 1.807) is 0 Å². The molecule has 1 aliphatic carbocycles. The maximum Gasteiger partial charge on any atom is 0.0345 e. The molecule has 1 fully saturated rings. The zero-order valence-corrected chi connectivity index (χ0v) is 13.2. The second-order valence-electron chi connectivity index (χ2n) is 6.50. The zero-order chi connectivity index (χ0) is 14.0. The smallest absolute Gasteiger partial charge is 0.0345 e. The summed E-state index contributed by atoms with van der Waals surface area (Å²) in [5.74, 6) is 0.902. The van der Waals surface area contributed by atoms with Crippen LogP contribution < -0.4 is 5.73 Å². The summed E-state index contributed by atoms with van der Waals surface area (Å²) in [7, 11) is 0. The van der Waals surface area contributed by atoms with Gasteiger partial charge in [-0.05, 0) is 54.0 Å². The number of benzene rings is 1. The molecule has 0 radical (unpaired) electrons. The average molecular weight is 287 g/mol. The quantitative estimate of drug-likeness (QED) is 0.778. The van der Waals surface area contributed by atoms with Crippen LogP contribution in [0.4, 0.5) is 0 Å². The fourth-order valence-electron chi connectivity index (χ4n) is 3.64. The molecule has 0 aliphatic heterocycles. The van der Waals surface area contributed by atoms with E-state index in [9.17, 15) is 0 Å². The summed E-state index contributed by atoms with van der Waals surface area (Å²) in [4.78, 5) is 0. The number of rotatable bonds is 3. The number of thiophene rings is 1. The highest BCUT2D eigenvalue weighted by atomic mass is 32.1. The minimum atomic E-state index is 0.0216. The largest absolute Gasteiger partial charge is 0.325 e. The molecular weight excluding hydrogens is 262 g/mol. The van der Waals surface area contributed by atoms with Gasteiger partial charge in [0, 0.05) is 10.2 Å². The Bertz CT molecular complexity index is 574. The van der Waals surface area contributed by atoms with E-state index in [1.807, 2.05) is 11.3 Å². The predicted molar refractivity (Wildman–Crippen MR) is 89.3 cm³/mol. The van der Waals surface area contributed by atoms with Crippen LogP contribution in [0, 0.1) is 5.92 Å².